The van der Waals surface area contributed by atoms with Crippen molar-refractivity contribution in [3.05, 3.63) is 77.0 Å². The molecule has 0 spiro atoms. The predicted octanol–water partition coefficient (Wildman–Crippen LogP) is 4.12. The molecular weight excluding hydrogens is 416 g/mol. The largest absolute Gasteiger partial charge is 0.352 e. The van der Waals surface area contributed by atoms with Gasteiger partial charge in [-0.1, -0.05) is 12.1 Å². The maximum Gasteiger partial charge on any atom is 0.170 e. The third-order valence-corrected chi connectivity index (χ3v) is 6.47. The third-order valence-electron chi connectivity index (χ3n) is 6.12. The van der Waals surface area contributed by atoms with Crippen LogP contribution in [0.2, 0.25) is 0 Å². The Morgan fingerprint density at radius 2 is 1.91 bits per heavy atom. The summed E-state index contributed by atoms with van der Waals surface area (Å²) in [6, 6.07) is 12.6. The first-order valence-electron chi connectivity index (χ1n) is 11.1. The van der Waals surface area contributed by atoms with Gasteiger partial charge in [0.05, 0.1) is 17.8 Å². The van der Waals surface area contributed by atoms with Crippen molar-refractivity contribution in [2.45, 2.75) is 39.3 Å². The van der Waals surface area contributed by atoms with E-state index >= 15 is 0 Å². The highest BCUT2D eigenvalue weighted by molar-refractivity contribution is 7.80. The number of nitrogens with one attached hydrogen (secondary N) is 1. The van der Waals surface area contributed by atoms with Crippen LogP contribution >= 0.6 is 12.2 Å². The molecular formula is C25H32N6S. The minimum absolute atomic E-state index is 0.00276. The number of hydrogen-bond donors (Lipinski definition) is 1. The topological polar surface area (TPSA) is 49.2 Å². The molecule has 168 valence electrons. The molecule has 0 bridgehead atoms. The number of nitrogens with zero attached hydrogens (tertiary/aromatic N) is 5. The molecule has 1 N–H and O–H groups in total. The summed E-state index contributed by atoms with van der Waals surface area (Å²) in [5, 5.41) is 4.36. The summed E-state index contributed by atoms with van der Waals surface area (Å²) < 4.78 is 2.24. The second kappa shape index (κ2) is 9.38. The lowest BCUT2D eigenvalue weighted by Gasteiger charge is -2.28. The lowest BCUT2D eigenvalue weighted by atomic mass is 9.96. The van der Waals surface area contributed by atoms with Gasteiger partial charge in [-0.05, 0) is 95.4 Å². The van der Waals surface area contributed by atoms with Crippen LogP contribution in [0.15, 0.2) is 48.8 Å². The molecule has 0 unspecified atom stereocenters. The number of aromatic nitrogens is 3. The van der Waals surface area contributed by atoms with E-state index in [-0.39, 0.29) is 12.1 Å². The van der Waals surface area contributed by atoms with E-state index < -0.39 is 0 Å². The number of thiocarbonyl (C=S) groups is 1. The van der Waals surface area contributed by atoms with Crippen LogP contribution in [0.1, 0.15) is 46.7 Å². The molecule has 0 aliphatic carbocycles. The van der Waals surface area contributed by atoms with Gasteiger partial charge in [0.15, 0.2) is 5.11 Å². The van der Waals surface area contributed by atoms with Gasteiger partial charge in [0.25, 0.3) is 0 Å². The van der Waals surface area contributed by atoms with E-state index in [2.05, 4.69) is 88.8 Å². The van der Waals surface area contributed by atoms with Crippen LogP contribution in [0.25, 0.3) is 5.82 Å². The van der Waals surface area contributed by atoms with E-state index in [1.54, 1.807) is 0 Å². The van der Waals surface area contributed by atoms with E-state index in [9.17, 15) is 0 Å². The molecule has 4 heterocycles. The third kappa shape index (κ3) is 4.40. The Kier molecular flexibility index (Phi) is 6.58. The number of rotatable bonds is 7. The fourth-order valence-electron chi connectivity index (χ4n) is 4.57. The maximum atomic E-state index is 5.82. The summed E-state index contributed by atoms with van der Waals surface area (Å²) in [6.45, 7) is 8.30. The van der Waals surface area contributed by atoms with Crippen molar-refractivity contribution < 1.29 is 0 Å². The van der Waals surface area contributed by atoms with Crippen LogP contribution in [0.4, 0.5) is 0 Å². The molecule has 0 aromatic carbocycles. The van der Waals surface area contributed by atoms with Gasteiger partial charge in [-0.25, -0.2) is 4.98 Å². The number of aryl methyl sites for hydroxylation is 2. The quantitative estimate of drug-likeness (QED) is 0.549. The monoisotopic (exact) mass is 448 g/mol. The van der Waals surface area contributed by atoms with E-state index in [4.69, 9.17) is 12.2 Å². The molecule has 3 aromatic rings. The molecule has 6 nitrogen and oxygen atoms in total. The molecule has 32 heavy (non-hydrogen) atoms. The average molecular weight is 449 g/mol. The van der Waals surface area contributed by atoms with Crippen LogP contribution in [-0.2, 0) is 0 Å². The fraction of sp³-hybridized carbons (Fsp3) is 0.400. The van der Waals surface area contributed by atoms with Gasteiger partial charge in [-0.15, -0.1) is 0 Å². The van der Waals surface area contributed by atoms with Gasteiger partial charge >= 0.3 is 0 Å². The van der Waals surface area contributed by atoms with Gasteiger partial charge in [-0.3, -0.25) is 4.98 Å². The molecule has 1 aliphatic heterocycles. The average Bonchev–Trinajstić information content (AvgIpc) is 3.25. The Hall–Kier alpha value is -2.77. The van der Waals surface area contributed by atoms with E-state index in [1.807, 2.05) is 24.5 Å². The van der Waals surface area contributed by atoms with Crippen molar-refractivity contribution in [2.75, 3.05) is 27.2 Å². The normalized spacial score (nSPS) is 18.4. The zero-order chi connectivity index (χ0) is 22.8. The van der Waals surface area contributed by atoms with Crippen molar-refractivity contribution in [1.82, 2.24) is 29.7 Å². The Morgan fingerprint density at radius 3 is 2.56 bits per heavy atom. The van der Waals surface area contributed by atoms with Gasteiger partial charge < -0.3 is 19.7 Å². The molecule has 0 saturated carbocycles. The van der Waals surface area contributed by atoms with Gasteiger partial charge in [0.2, 0.25) is 0 Å². The molecule has 0 amide bonds. The van der Waals surface area contributed by atoms with Crippen LogP contribution in [-0.4, -0.2) is 56.6 Å². The summed E-state index contributed by atoms with van der Waals surface area (Å²) in [5.41, 5.74) is 5.78. The van der Waals surface area contributed by atoms with Crippen LogP contribution in [0.5, 0.6) is 0 Å². The van der Waals surface area contributed by atoms with Gasteiger partial charge in [0, 0.05) is 30.3 Å². The zero-order valence-electron chi connectivity index (χ0n) is 19.5. The molecule has 0 radical (unpaired) electrons. The van der Waals surface area contributed by atoms with E-state index in [0.29, 0.717) is 0 Å². The van der Waals surface area contributed by atoms with Crippen molar-refractivity contribution in [2.24, 2.45) is 0 Å². The highest BCUT2D eigenvalue weighted by Crippen LogP contribution is 2.41. The second-order valence-corrected chi connectivity index (χ2v) is 9.22. The number of hydrogen-bond acceptors (Lipinski definition) is 4. The molecule has 1 aliphatic rings. The lowest BCUT2D eigenvalue weighted by molar-refractivity contribution is 0.292. The zero-order valence-corrected chi connectivity index (χ0v) is 20.4. The SMILES string of the molecule is Cc1ccc(-n2c(C)cc([C@@H]3[C@@H](c4ccccn4)NC(=S)N3CCCN(C)C)c2C)nc1. The molecule has 7 heteroatoms. The van der Waals surface area contributed by atoms with Crippen molar-refractivity contribution >= 4 is 17.3 Å². The molecule has 1 saturated heterocycles. The Bertz CT molecular complexity index is 1070. The van der Waals surface area contributed by atoms with Crippen molar-refractivity contribution in [3.8, 4) is 5.82 Å². The summed E-state index contributed by atoms with van der Waals surface area (Å²) in [6.07, 6.45) is 4.81. The standard InChI is InChI=1S/C25H32N6S/c1-17-10-11-22(27-16-17)31-18(2)15-20(19(31)3)24-23(21-9-6-7-12-26-21)28-25(32)30(24)14-8-13-29(4)5/h6-7,9-12,15-16,23-24H,8,13-14H2,1-5H3,(H,28,32)/t23-,24-/m1/s1. The van der Waals surface area contributed by atoms with Crippen molar-refractivity contribution in [3.63, 3.8) is 0 Å². The Balaban J connectivity index is 1.76. The van der Waals surface area contributed by atoms with Gasteiger partial charge in [0.1, 0.15) is 5.82 Å². The fourth-order valence-corrected chi connectivity index (χ4v) is 4.91. The summed E-state index contributed by atoms with van der Waals surface area (Å²) in [4.78, 5) is 13.9. The summed E-state index contributed by atoms with van der Waals surface area (Å²) in [7, 11) is 4.22. The Labute approximate surface area is 196 Å². The molecule has 1 fully saturated rings. The predicted molar refractivity (Wildman–Crippen MR) is 133 cm³/mol. The first-order chi connectivity index (χ1) is 15.4. The molecule has 3 aromatic heterocycles. The summed E-state index contributed by atoms with van der Waals surface area (Å²) in [5.74, 6) is 0.943. The van der Waals surface area contributed by atoms with Crippen LogP contribution < -0.4 is 5.32 Å². The van der Waals surface area contributed by atoms with Crippen LogP contribution in [0.3, 0.4) is 0 Å². The smallest absolute Gasteiger partial charge is 0.170 e. The first kappa shape index (κ1) is 22.4. The minimum Gasteiger partial charge on any atom is -0.352 e. The highest BCUT2D eigenvalue weighted by Gasteiger charge is 2.41. The minimum atomic E-state index is 0.00276. The van der Waals surface area contributed by atoms with E-state index in [1.165, 1.54) is 17.0 Å². The second-order valence-electron chi connectivity index (χ2n) is 8.83. The maximum absolute atomic E-state index is 5.82. The molecule has 2 atom stereocenters. The highest BCUT2D eigenvalue weighted by atomic mass is 32.1. The van der Waals surface area contributed by atoms with Crippen LogP contribution in [0, 0.1) is 20.8 Å². The Morgan fingerprint density at radius 1 is 1.09 bits per heavy atom. The molecule has 4 rings (SSSR count). The summed E-state index contributed by atoms with van der Waals surface area (Å²) >= 11 is 5.82. The van der Waals surface area contributed by atoms with Gasteiger partial charge in [-0.2, -0.15) is 0 Å². The number of pyridine rings is 2. The van der Waals surface area contributed by atoms with Crippen molar-refractivity contribution in [1.29, 1.82) is 0 Å². The van der Waals surface area contributed by atoms with E-state index in [0.717, 1.165) is 41.7 Å². The first-order valence-corrected chi connectivity index (χ1v) is 11.5. The lowest BCUT2D eigenvalue weighted by Crippen LogP contribution is -2.32.